The lowest BCUT2D eigenvalue weighted by molar-refractivity contribution is -0.0201. The largest absolute Gasteiger partial charge is 0.388 e. The van der Waals surface area contributed by atoms with E-state index < -0.39 is 5.60 Å². The zero-order valence-electron chi connectivity index (χ0n) is 12.4. The van der Waals surface area contributed by atoms with Crippen LogP contribution in [0.2, 0.25) is 0 Å². The molecule has 0 atom stereocenters. The average molecular weight is 281 g/mol. The molecule has 1 aromatic heterocycles. The Kier molecular flexibility index (Phi) is 3.30. The molecule has 0 bridgehead atoms. The van der Waals surface area contributed by atoms with Crippen LogP contribution in [0.1, 0.15) is 36.0 Å². The molecule has 4 heteroatoms. The van der Waals surface area contributed by atoms with Crippen LogP contribution in [0.25, 0.3) is 10.9 Å². The van der Waals surface area contributed by atoms with E-state index in [1.807, 2.05) is 19.9 Å². The fraction of sp³-hybridized carbons (Fsp3) is 0.412. The molecule has 1 fully saturated rings. The molecule has 2 aromatic rings. The summed E-state index contributed by atoms with van der Waals surface area (Å²) < 4.78 is 0. The highest BCUT2D eigenvalue weighted by molar-refractivity contribution is 5.96. The Bertz CT molecular complexity index is 742. The van der Waals surface area contributed by atoms with Gasteiger partial charge in [-0.25, -0.2) is 0 Å². The molecule has 1 aliphatic carbocycles. The molecular formula is C17H19N3O. The van der Waals surface area contributed by atoms with Crippen LogP contribution in [-0.4, -0.2) is 22.2 Å². The molecule has 0 radical (unpaired) electrons. The number of anilines is 1. The zero-order chi connectivity index (χ0) is 15.0. The topological polar surface area (TPSA) is 68.9 Å². The molecule has 108 valence electrons. The van der Waals surface area contributed by atoms with Crippen molar-refractivity contribution in [3.63, 3.8) is 0 Å². The predicted octanol–water partition coefficient (Wildman–Crippen LogP) is 3.05. The smallest absolute Gasteiger partial charge is 0.103 e. The van der Waals surface area contributed by atoms with Crippen LogP contribution in [0, 0.1) is 25.2 Å². The molecule has 3 rings (SSSR count). The van der Waals surface area contributed by atoms with E-state index >= 15 is 0 Å². The van der Waals surface area contributed by atoms with Gasteiger partial charge in [-0.3, -0.25) is 4.98 Å². The van der Waals surface area contributed by atoms with E-state index in [4.69, 9.17) is 0 Å². The van der Waals surface area contributed by atoms with Gasteiger partial charge in [-0.05, 0) is 44.7 Å². The van der Waals surface area contributed by atoms with Crippen LogP contribution in [0.15, 0.2) is 18.3 Å². The number of aromatic nitrogens is 1. The van der Waals surface area contributed by atoms with Gasteiger partial charge < -0.3 is 10.4 Å². The van der Waals surface area contributed by atoms with Gasteiger partial charge in [0.15, 0.2) is 0 Å². The standard InChI is InChI=1S/C17H19N3O/c1-11-6-12(2)15-14(7-11)16(13(8-18)9-19-15)20-10-17(21)4-3-5-17/h6-7,9,21H,3-5,10H2,1-2H3,(H,19,20). The highest BCUT2D eigenvalue weighted by Gasteiger charge is 2.34. The summed E-state index contributed by atoms with van der Waals surface area (Å²) in [5.74, 6) is 0. The summed E-state index contributed by atoms with van der Waals surface area (Å²) >= 11 is 0. The number of pyridine rings is 1. The van der Waals surface area contributed by atoms with E-state index in [2.05, 4.69) is 22.4 Å². The fourth-order valence-corrected chi connectivity index (χ4v) is 2.95. The molecule has 4 nitrogen and oxygen atoms in total. The molecule has 0 aliphatic heterocycles. The average Bonchev–Trinajstić information content (AvgIpc) is 2.42. The van der Waals surface area contributed by atoms with Crippen molar-refractivity contribution < 1.29 is 5.11 Å². The van der Waals surface area contributed by atoms with E-state index in [0.29, 0.717) is 12.1 Å². The number of nitrogens with one attached hydrogen (secondary N) is 1. The van der Waals surface area contributed by atoms with Crippen LogP contribution in [-0.2, 0) is 0 Å². The molecule has 1 aliphatic rings. The molecule has 21 heavy (non-hydrogen) atoms. The summed E-state index contributed by atoms with van der Waals surface area (Å²) in [4.78, 5) is 4.41. The van der Waals surface area contributed by atoms with E-state index in [0.717, 1.165) is 47.0 Å². The van der Waals surface area contributed by atoms with Crippen LogP contribution in [0.4, 0.5) is 5.69 Å². The maximum absolute atomic E-state index is 10.3. The molecule has 0 unspecified atom stereocenters. The van der Waals surface area contributed by atoms with Crippen molar-refractivity contribution in [3.8, 4) is 6.07 Å². The minimum atomic E-state index is -0.624. The highest BCUT2D eigenvalue weighted by Crippen LogP contribution is 2.34. The minimum Gasteiger partial charge on any atom is -0.388 e. The molecule has 1 saturated carbocycles. The van der Waals surface area contributed by atoms with Crippen molar-refractivity contribution in [1.82, 2.24) is 4.98 Å². The van der Waals surface area contributed by atoms with E-state index in [-0.39, 0.29) is 0 Å². The van der Waals surface area contributed by atoms with E-state index in [1.165, 1.54) is 0 Å². The van der Waals surface area contributed by atoms with Gasteiger partial charge in [0.1, 0.15) is 6.07 Å². The summed E-state index contributed by atoms with van der Waals surface area (Å²) in [5, 5.41) is 23.8. The zero-order valence-corrected chi connectivity index (χ0v) is 12.4. The van der Waals surface area contributed by atoms with E-state index in [9.17, 15) is 10.4 Å². The second-order valence-electron chi connectivity index (χ2n) is 6.07. The van der Waals surface area contributed by atoms with Gasteiger partial charge in [0.25, 0.3) is 0 Å². The number of hydrogen-bond acceptors (Lipinski definition) is 4. The van der Waals surface area contributed by atoms with E-state index in [1.54, 1.807) is 6.20 Å². The van der Waals surface area contributed by atoms with Gasteiger partial charge in [-0.15, -0.1) is 0 Å². The fourth-order valence-electron chi connectivity index (χ4n) is 2.95. The lowest BCUT2D eigenvalue weighted by atomic mass is 9.80. The first-order valence-corrected chi connectivity index (χ1v) is 7.29. The Balaban J connectivity index is 2.07. The number of fused-ring (bicyclic) bond motifs is 1. The van der Waals surface area contributed by atoms with Crippen molar-refractivity contribution in [1.29, 1.82) is 5.26 Å². The summed E-state index contributed by atoms with van der Waals surface area (Å²) in [6, 6.07) is 6.33. The van der Waals surface area contributed by atoms with Crippen LogP contribution in [0.3, 0.4) is 0 Å². The third-order valence-corrected chi connectivity index (χ3v) is 4.31. The molecule has 1 heterocycles. The summed E-state index contributed by atoms with van der Waals surface area (Å²) in [6.07, 6.45) is 4.32. The number of benzene rings is 1. The van der Waals surface area contributed by atoms with Gasteiger partial charge in [0, 0.05) is 18.1 Å². The lowest BCUT2D eigenvalue weighted by Gasteiger charge is -2.37. The Labute approximate surface area is 124 Å². The normalized spacial score (nSPS) is 16.3. The molecule has 2 N–H and O–H groups in total. The Morgan fingerprint density at radius 1 is 1.38 bits per heavy atom. The van der Waals surface area contributed by atoms with Crippen molar-refractivity contribution in [2.24, 2.45) is 0 Å². The summed E-state index contributed by atoms with van der Waals surface area (Å²) in [6.45, 7) is 4.54. The monoisotopic (exact) mass is 281 g/mol. The van der Waals surface area contributed by atoms with Crippen molar-refractivity contribution in [2.75, 3.05) is 11.9 Å². The van der Waals surface area contributed by atoms with Gasteiger partial charge in [0.2, 0.25) is 0 Å². The Hall–Kier alpha value is -2.12. The Morgan fingerprint density at radius 3 is 2.76 bits per heavy atom. The quantitative estimate of drug-likeness (QED) is 0.907. The highest BCUT2D eigenvalue weighted by atomic mass is 16.3. The third kappa shape index (κ3) is 2.45. The van der Waals surface area contributed by atoms with Crippen molar-refractivity contribution in [2.45, 2.75) is 38.7 Å². The maximum Gasteiger partial charge on any atom is 0.103 e. The Morgan fingerprint density at radius 2 is 2.14 bits per heavy atom. The third-order valence-electron chi connectivity index (χ3n) is 4.31. The van der Waals surface area contributed by atoms with Crippen LogP contribution in [0.5, 0.6) is 0 Å². The summed E-state index contributed by atoms with van der Waals surface area (Å²) in [7, 11) is 0. The maximum atomic E-state index is 10.3. The van der Waals surface area contributed by atoms with Crippen LogP contribution >= 0.6 is 0 Å². The first kappa shape index (κ1) is 13.8. The number of hydrogen-bond donors (Lipinski definition) is 2. The first-order valence-electron chi connectivity index (χ1n) is 7.29. The van der Waals surface area contributed by atoms with Crippen molar-refractivity contribution in [3.05, 3.63) is 35.0 Å². The first-order chi connectivity index (χ1) is 10.0. The molecule has 0 saturated heterocycles. The molecule has 1 aromatic carbocycles. The SMILES string of the molecule is Cc1cc(C)c2ncc(C#N)c(NCC3(O)CCC3)c2c1. The second kappa shape index (κ2) is 5.01. The van der Waals surface area contributed by atoms with Gasteiger partial charge in [-0.2, -0.15) is 5.26 Å². The molecule has 0 amide bonds. The van der Waals surface area contributed by atoms with Gasteiger partial charge >= 0.3 is 0 Å². The van der Waals surface area contributed by atoms with Gasteiger partial charge in [0.05, 0.1) is 22.4 Å². The minimum absolute atomic E-state index is 0.480. The lowest BCUT2D eigenvalue weighted by Crippen LogP contribution is -2.43. The molecular weight excluding hydrogens is 262 g/mol. The number of rotatable bonds is 3. The summed E-state index contributed by atoms with van der Waals surface area (Å²) in [5.41, 5.74) is 3.83. The number of nitrogens with zero attached hydrogens (tertiary/aromatic N) is 2. The molecule has 0 spiro atoms. The number of aliphatic hydroxyl groups is 1. The second-order valence-corrected chi connectivity index (χ2v) is 6.07. The number of aryl methyl sites for hydroxylation is 2. The number of nitriles is 1. The van der Waals surface area contributed by atoms with Crippen LogP contribution < -0.4 is 5.32 Å². The predicted molar refractivity (Wildman–Crippen MR) is 83.2 cm³/mol. The van der Waals surface area contributed by atoms with Gasteiger partial charge in [-0.1, -0.05) is 11.6 Å². The van der Waals surface area contributed by atoms with Crippen molar-refractivity contribution >= 4 is 16.6 Å².